The molecule has 0 radical (unpaired) electrons. The van der Waals surface area contributed by atoms with Crippen LogP contribution in [0.5, 0.6) is 17.2 Å². The van der Waals surface area contributed by atoms with Gasteiger partial charge < -0.3 is 29.7 Å². The summed E-state index contributed by atoms with van der Waals surface area (Å²) in [6, 6.07) is 12.6. The number of hydrogen-bond acceptors (Lipinski definition) is 9. The molecule has 1 aliphatic rings. The Kier molecular flexibility index (Phi) is 8.10. The minimum Gasteiger partial charge on any atom is -0.493 e. The van der Waals surface area contributed by atoms with Crippen LogP contribution in [0.3, 0.4) is 0 Å². The monoisotopic (exact) mass is 493 g/mol. The Morgan fingerprint density at radius 2 is 1.64 bits per heavy atom. The van der Waals surface area contributed by atoms with E-state index in [0.29, 0.717) is 41.8 Å². The van der Waals surface area contributed by atoms with E-state index in [0.717, 1.165) is 48.0 Å². The highest BCUT2D eigenvalue weighted by Gasteiger charge is 2.23. The highest BCUT2D eigenvalue weighted by atomic mass is 16.6. The van der Waals surface area contributed by atoms with E-state index in [4.69, 9.17) is 24.2 Å². The molecular weight excluding hydrogens is 458 g/mol. The van der Waals surface area contributed by atoms with Gasteiger partial charge in [0.2, 0.25) is 11.7 Å². The van der Waals surface area contributed by atoms with Crippen LogP contribution in [-0.4, -0.2) is 56.3 Å². The van der Waals surface area contributed by atoms with Crippen LogP contribution >= 0.6 is 0 Å². The average molecular weight is 494 g/mol. The number of fused-ring (bicyclic) bond motifs is 1. The van der Waals surface area contributed by atoms with Gasteiger partial charge in [-0.3, -0.25) is 4.79 Å². The molecule has 0 aliphatic heterocycles. The quantitative estimate of drug-likeness (QED) is 0.336. The lowest BCUT2D eigenvalue weighted by atomic mass is 9.91. The predicted octanol–water partition coefficient (Wildman–Crippen LogP) is 4.15. The summed E-state index contributed by atoms with van der Waals surface area (Å²) in [6.45, 7) is 2.02. The molecule has 9 heteroatoms. The van der Waals surface area contributed by atoms with Crippen molar-refractivity contribution in [3.8, 4) is 17.2 Å². The molecule has 1 aromatic heterocycles. The van der Waals surface area contributed by atoms with Crippen molar-refractivity contribution in [2.75, 3.05) is 38.5 Å². The Morgan fingerprint density at radius 3 is 2.25 bits per heavy atom. The third-order valence-corrected chi connectivity index (χ3v) is 6.43. The number of carbonyl (C=O) groups is 1. The number of hydrogen-bond donors (Lipinski definition) is 2. The first-order valence-electron chi connectivity index (χ1n) is 12.2. The van der Waals surface area contributed by atoms with Crippen molar-refractivity contribution in [3.63, 3.8) is 0 Å². The minimum absolute atomic E-state index is 0.302. The number of para-hydroxylation sites is 1. The van der Waals surface area contributed by atoms with Gasteiger partial charge in [-0.2, -0.15) is 4.98 Å². The second-order valence-electron chi connectivity index (χ2n) is 9.28. The standard InChI is InChI=1S/C27H35N5O4/c1-17(33)36-25-23(34-4)14-18(15-24(25)35-5)16-28-19-10-12-20(13-11-19)29-27-30-22-9-7-6-8-21(22)26(31-27)32(2)3/h6-9,14-15,19-20,28H,10-13,16H2,1-5H3,(H,29,30,31). The number of ether oxygens (including phenoxy) is 3. The van der Waals surface area contributed by atoms with Crippen LogP contribution in [0.15, 0.2) is 36.4 Å². The number of carbonyl (C=O) groups excluding carboxylic acids is 1. The lowest BCUT2D eigenvalue weighted by Crippen LogP contribution is -2.37. The molecule has 3 aromatic rings. The molecular formula is C27H35N5O4. The highest BCUT2D eigenvalue weighted by molar-refractivity contribution is 5.90. The number of aromatic nitrogens is 2. The zero-order valence-electron chi connectivity index (χ0n) is 21.6. The van der Waals surface area contributed by atoms with E-state index in [1.807, 2.05) is 49.3 Å². The summed E-state index contributed by atoms with van der Waals surface area (Å²) in [4.78, 5) is 23.0. The van der Waals surface area contributed by atoms with Crippen molar-refractivity contribution < 1.29 is 19.0 Å². The van der Waals surface area contributed by atoms with Gasteiger partial charge in [0.05, 0.1) is 19.7 Å². The Balaban J connectivity index is 1.35. The summed E-state index contributed by atoms with van der Waals surface area (Å²) >= 11 is 0. The summed E-state index contributed by atoms with van der Waals surface area (Å²) in [5.74, 6) is 2.43. The number of benzene rings is 2. The molecule has 2 aromatic carbocycles. The van der Waals surface area contributed by atoms with E-state index < -0.39 is 5.97 Å². The Morgan fingerprint density at radius 1 is 1.00 bits per heavy atom. The summed E-state index contributed by atoms with van der Waals surface area (Å²) in [7, 11) is 7.11. The molecule has 9 nitrogen and oxygen atoms in total. The van der Waals surface area contributed by atoms with Gasteiger partial charge in [0.1, 0.15) is 5.82 Å². The SMILES string of the molecule is COc1cc(CNC2CCC(Nc3nc(N(C)C)c4ccccc4n3)CC2)cc(OC)c1OC(C)=O. The molecule has 192 valence electrons. The number of nitrogens with zero attached hydrogens (tertiary/aromatic N) is 3. The molecule has 1 heterocycles. The van der Waals surface area contributed by atoms with Crippen LogP contribution in [0, 0.1) is 0 Å². The molecule has 0 spiro atoms. The molecule has 0 amide bonds. The van der Waals surface area contributed by atoms with Crippen molar-refractivity contribution >= 4 is 28.6 Å². The van der Waals surface area contributed by atoms with E-state index in [-0.39, 0.29) is 0 Å². The molecule has 36 heavy (non-hydrogen) atoms. The maximum absolute atomic E-state index is 11.5. The van der Waals surface area contributed by atoms with E-state index in [2.05, 4.69) is 16.7 Å². The normalized spacial score (nSPS) is 17.5. The number of rotatable bonds is 9. The van der Waals surface area contributed by atoms with E-state index >= 15 is 0 Å². The molecule has 2 N–H and O–H groups in total. The minimum atomic E-state index is -0.421. The average Bonchev–Trinajstić information content (AvgIpc) is 2.87. The van der Waals surface area contributed by atoms with E-state index in [1.54, 1.807) is 14.2 Å². The zero-order valence-corrected chi connectivity index (χ0v) is 21.6. The Bertz CT molecular complexity index is 1180. The first-order chi connectivity index (χ1) is 17.4. The molecule has 1 saturated carbocycles. The van der Waals surface area contributed by atoms with E-state index in [9.17, 15) is 4.79 Å². The second kappa shape index (κ2) is 11.4. The topological polar surface area (TPSA) is 97.8 Å². The Labute approximate surface area is 212 Å². The fourth-order valence-electron chi connectivity index (χ4n) is 4.63. The molecule has 0 unspecified atom stereocenters. The highest BCUT2D eigenvalue weighted by Crippen LogP contribution is 2.39. The predicted molar refractivity (Wildman–Crippen MR) is 141 cm³/mol. The van der Waals surface area contributed by atoms with Crippen LogP contribution in [0.1, 0.15) is 38.2 Å². The number of nitrogens with one attached hydrogen (secondary N) is 2. The maximum atomic E-state index is 11.5. The molecule has 0 saturated heterocycles. The number of methoxy groups -OCH3 is 2. The van der Waals surface area contributed by atoms with Gasteiger partial charge in [-0.15, -0.1) is 0 Å². The van der Waals surface area contributed by atoms with Gasteiger partial charge in [-0.1, -0.05) is 12.1 Å². The van der Waals surface area contributed by atoms with Crippen LogP contribution < -0.4 is 29.7 Å². The first-order valence-corrected chi connectivity index (χ1v) is 12.2. The van der Waals surface area contributed by atoms with Crippen molar-refractivity contribution in [1.82, 2.24) is 15.3 Å². The summed E-state index contributed by atoms with van der Waals surface area (Å²) in [6.07, 6.45) is 4.16. The van der Waals surface area contributed by atoms with Gasteiger partial charge >= 0.3 is 5.97 Å². The van der Waals surface area contributed by atoms with Crippen molar-refractivity contribution in [2.24, 2.45) is 0 Å². The maximum Gasteiger partial charge on any atom is 0.308 e. The number of anilines is 2. The molecule has 4 rings (SSSR count). The Hall–Kier alpha value is -3.59. The van der Waals surface area contributed by atoms with Gasteiger partial charge in [0.25, 0.3) is 0 Å². The van der Waals surface area contributed by atoms with Crippen LogP contribution in [0.2, 0.25) is 0 Å². The van der Waals surface area contributed by atoms with Crippen LogP contribution in [0.4, 0.5) is 11.8 Å². The third kappa shape index (κ3) is 5.96. The number of esters is 1. The first kappa shape index (κ1) is 25.5. The lowest BCUT2D eigenvalue weighted by Gasteiger charge is -2.30. The van der Waals surface area contributed by atoms with Crippen LogP contribution in [0.25, 0.3) is 10.9 Å². The summed E-state index contributed by atoms with van der Waals surface area (Å²) in [5, 5.41) is 8.26. The largest absolute Gasteiger partial charge is 0.493 e. The summed E-state index contributed by atoms with van der Waals surface area (Å²) in [5.41, 5.74) is 1.94. The summed E-state index contributed by atoms with van der Waals surface area (Å²) < 4.78 is 16.2. The van der Waals surface area contributed by atoms with E-state index in [1.165, 1.54) is 6.92 Å². The fourth-order valence-corrected chi connectivity index (χ4v) is 4.63. The van der Waals surface area contributed by atoms with Crippen molar-refractivity contribution in [2.45, 2.75) is 51.2 Å². The molecule has 1 fully saturated rings. The van der Waals surface area contributed by atoms with Gasteiger partial charge in [-0.25, -0.2) is 4.98 Å². The van der Waals surface area contributed by atoms with Crippen LogP contribution in [-0.2, 0) is 11.3 Å². The van der Waals surface area contributed by atoms with Crippen molar-refractivity contribution in [1.29, 1.82) is 0 Å². The van der Waals surface area contributed by atoms with Crippen molar-refractivity contribution in [3.05, 3.63) is 42.0 Å². The fraction of sp³-hybridized carbons (Fsp3) is 0.444. The molecule has 1 aliphatic carbocycles. The zero-order chi connectivity index (χ0) is 25.7. The lowest BCUT2D eigenvalue weighted by molar-refractivity contribution is -0.132. The second-order valence-corrected chi connectivity index (χ2v) is 9.28. The third-order valence-electron chi connectivity index (χ3n) is 6.43. The van der Waals surface area contributed by atoms with Gasteiger partial charge in [0.15, 0.2) is 11.5 Å². The van der Waals surface area contributed by atoms with Gasteiger partial charge in [0, 0.05) is 45.0 Å². The molecule has 0 bridgehead atoms. The molecule has 0 atom stereocenters. The van der Waals surface area contributed by atoms with Gasteiger partial charge in [-0.05, 0) is 55.5 Å². The smallest absolute Gasteiger partial charge is 0.308 e.